The first-order valence-electron chi connectivity index (χ1n) is 4.01. The third-order valence-corrected chi connectivity index (χ3v) is 3.05. The Morgan fingerprint density at radius 2 is 2.27 bits per heavy atom. The highest BCUT2D eigenvalue weighted by atomic mass is 79.9. The molecule has 1 aliphatic rings. The van der Waals surface area contributed by atoms with E-state index in [-0.39, 0.29) is 0 Å². The minimum atomic E-state index is 1.02. The number of rotatable bonds is 0. The zero-order valence-electron chi connectivity index (χ0n) is 6.60. The molecule has 0 aliphatic carbocycles. The highest BCUT2D eigenvalue weighted by molar-refractivity contribution is 9.10. The molecule has 0 amide bonds. The van der Waals surface area contributed by atoms with Crippen LogP contribution in [-0.4, -0.2) is 9.78 Å². The summed E-state index contributed by atoms with van der Waals surface area (Å²) in [5.74, 6) is 0. The van der Waals surface area contributed by atoms with Crippen LogP contribution in [0.4, 0.5) is 0 Å². The van der Waals surface area contributed by atoms with Gasteiger partial charge in [-0.2, -0.15) is 5.10 Å². The first kappa shape index (κ1) is 7.35. The molecule has 0 atom stereocenters. The van der Waals surface area contributed by atoms with Crippen LogP contribution in [0.2, 0.25) is 0 Å². The summed E-state index contributed by atoms with van der Waals surface area (Å²) in [5, 5.41) is 4.38. The summed E-state index contributed by atoms with van der Waals surface area (Å²) in [6, 6.07) is 0. The standard InChI is InChI=1S/C8H11BrN2/c1-6-7-4-2-3-5-11(7)10-8(6)9/h2-5H2,1H3. The van der Waals surface area contributed by atoms with Crippen molar-refractivity contribution in [1.29, 1.82) is 0 Å². The second-order valence-electron chi connectivity index (χ2n) is 3.04. The van der Waals surface area contributed by atoms with E-state index in [2.05, 4.69) is 32.6 Å². The molecule has 0 radical (unpaired) electrons. The van der Waals surface area contributed by atoms with Crippen LogP contribution in [0.25, 0.3) is 0 Å². The molecule has 0 bridgehead atoms. The van der Waals surface area contributed by atoms with E-state index in [4.69, 9.17) is 0 Å². The van der Waals surface area contributed by atoms with Gasteiger partial charge in [0, 0.05) is 17.8 Å². The topological polar surface area (TPSA) is 17.8 Å². The molecule has 3 heteroatoms. The average molecular weight is 215 g/mol. The summed E-state index contributed by atoms with van der Waals surface area (Å²) in [5.41, 5.74) is 2.74. The highest BCUT2D eigenvalue weighted by Crippen LogP contribution is 2.23. The van der Waals surface area contributed by atoms with Gasteiger partial charge in [-0.05, 0) is 42.1 Å². The van der Waals surface area contributed by atoms with Crippen LogP contribution in [0.5, 0.6) is 0 Å². The van der Waals surface area contributed by atoms with Crippen molar-refractivity contribution in [1.82, 2.24) is 9.78 Å². The molecule has 1 aliphatic heterocycles. The molecule has 0 aromatic carbocycles. The van der Waals surface area contributed by atoms with Crippen LogP contribution in [-0.2, 0) is 13.0 Å². The van der Waals surface area contributed by atoms with E-state index in [1.807, 2.05) is 0 Å². The summed E-state index contributed by atoms with van der Waals surface area (Å²) < 4.78 is 3.15. The Hall–Kier alpha value is -0.310. The third-order valence-electron chi connectivity index (χ3n) is 2.30. The number of halogens is 1. The van der Waals surface area contributed by atoms with Crippen LogP contribution in [0, 0.1) is 6.92 Å². The molecule has 2 nitrogen and oxygen atoms in total. The lowest BCUT2D eigenvalue weighted by atomic mass is 10.1. The number of hydrogen-bond donors (Lipinski definition) is 0. The normalized spacial score (nSPS) is 16.5. The maximum Gasteiger partial charge on any atom is 0.131 e. The van der Waals surface area contributed by atoms with Crippen molar-refractivity contribution in [2.24, 2.45) is 0 Å². The number of aryl methyl sites for hydroxylation is 1. The van der Waals surface area contributed by atoms with Crippen LogP contribution in [0.3, 0.4) is 0 Å². The van der Waals surface area contributed by atoms with Gasteiger partial charge < -0.3 is 0 Å². The van der Waals surface area contributed by atoms with Gasteiger partial charge in [-0.1, -0.05) is 0 Å². The van der Waals surface area contributed by atoms with E-state index < -0.39 is 0 Å². The molecule has 2 rings (SSSR count). The van der Waals surface area contributed by atoms with Gasteiger partial charge in [-0.25, -0.2) is 0 Å². The van der Waals surface area contributed by atoms with Crippen molar-refractivity contribution < 1.29 is 0 Å². The molecular formula is C8H11BrN2. The molecule has 0 N–H and O–H groups in total. The maximum atomic E-state index is 4.38. The molecule has 1 aromatic rings. The molecule has 0 saturated heterocycles. The Labute approximate surface area is 74.7 Å². The molecule has 1 aromatic heterocycles. The molecule has 11 heavy (non-hydrogen) atoms. The number of fused-ring (bicyclic) bond motifs is 1. The van der Waals surface area contributed by atoms with Crippen molar-refractivity contribution in [3.63, 3.8) is 0 Å². The van der Waals surface area contributed by atoms with Crippen LogP contribution < -0.4 is 0 Å². The summed E-state index contributed by atoms with van der Waals surface area (Å²) in [4.78, 5) is 0. The smallest absolute Gasteiger partial charge is 0.131 e. The minimum absolute atomic E-state index is 1.02. The monoisotopic (exact) mass is 214 g/mol. The van der Waals surface area contributed by atoms with Crippen LogP contribution >= 0.6 is 15.9 Å². The first-order valence-corrected chi connectivity index (χ1v) is 4.80. The van der Waals surface area contributed by atoms with E-state index in [1.165, 1.54) is 30.5 Å². The predicted octanol–water partition coefficient (Wildman–Crippen LogP) is 2.29. The molecule has 0 spiro atoms. The Kier molecular flexibility index (Phi) is 1.75. The highest BCUT2D eigenvalue weighted by Gasteiger charge is 2.14. The summed E-state index contributed by atoms with van der Waals surface area (Å²) >= 11 is 3.44. The Morgan fingerprint density at radius 3 is 3.00 bits per heavy atom. The summed E-state index contributed by atoms with van der Waals surface area (Å²) in [7, 11) is 0. The second kappa shape index (κ2) is 2.63. The Balaban J connectivity index is 2.50. The van der Waals surface area contributed by atoms with Crippen molar-refractivity contribution in [2.45, 2.75) is 32.7 Å². The van der Waals surface area contributed by atoms with Crippen molar-refractivity contribution in [3.8, 4) is 0 Å². The minimum Gasteiger partial charge on any atom is -0.268 e. The zero-order chi connectivity index (χ0) is 7.84. The molecule has 0 unspecified atom stereocenters. The number of nitrogens with zero attached hydrogens (tertiary/aromatic N) is 2. The number of hydrogen-bond acceptors (Lipinski definition) is 1. The molecular weight excluding hydrogens is 204 g/mol. The quantitative estimate of drug-likeness (QED) is 0.649. The fourth-order valence-corrected chi connectivity index (χ4v) is 2.03. The number of aromatic nitrogens is 2. The van der Waals surface area contributed by atoms with E-state index in [9.17, 15) is 0 Å². The maximum absolute atomic E-state index is 4.38. The lowest BCUT2D eigenvalue weighted by molar-refractivity contribution is 0.484. The van der Waals surface area contributed by atoms with Gasteiger partial charge in [0.15, 0.2) is 0 Å². The van der Waals surface area contributed by atoms with Gasteiger partial charge in [0.05, 0.1) is 0 Å². The summed E-state index contributed by atoms with van der Waals surface area (Å²) in [6.07, 6.45) is 3.80. The van der Waals surface area contributed by atoms with E-state index in [0.29, 0.717) is 0 Å². The largest absolute Gasteiger partial charge is 0.268 e. The summed E-state index contributed by atoms with van der Waals surface area (Å²) in [6.45, 7) is 3.23. The van der Waals surface area contributed by atoms with Gasteiger partial charge in [0.1, 0.15) is 4.60 Å². The lowest BCUT2D eigenvalue weighted by Gasteiger charge is -2.13. The van der Waals surface area contributed by atoms with Crippen molar-refractivity contribution in [3.05, 3.63) is 15.9 Å². The zero-order valence-corrected chi connectivity index (χ0v) is 8.19. The molecule has 2 heterocycles. The fourth-order valence-electron chi connectivity index (χ4n) is 1.61. The Bertz CT molecular complexity index is 278. The Morgan fingerprint density at radius 1 is 1.45 bits per heavy atom. The van der Waals surface area contributed by atoms with Crippen molar-refractivity contribution >= 4 is 15.9 Å². The van der Waals surface area contributed by atoms with E-state index >= 15 is 0 Å². The van der Waals surface area contributed by atoms with Crippen LogP contribution in [0.1, 0.15) is 24.1 Å². The van der Waals surface area contributed by atoms with Gasteiger partial charge in [-0.15, -0.1) is 0 Å². The molecule has 60 valence electrons. The van der Waals surface area contributed by atoms with Crippen LogP contribution in [0.15, 0.2) is 4.60 Å². The lowest BCUT2D eigenvalue weighted by Crippen LogP contribution is -2.11. The third kappa shape index (κ3) is 1.11. The van der Waals surface area contributed by atoms with E-state index in [0.717, 1.165) is 11.1 Å². The van der Waals surface area contributed by atoms with Crippen molar-refractivity contribution in [2.75, 3.05) is 0 Å². The predicted molar refractivity (Wildman–Crippen MR) is 47.6 cm³/mol. The molecule has 0 saturated carbocycles. The van der Waals surface area contributed by atoms with Gasteiger partial charge >= 0.3 is 0 Å². The fraction of sp³-hybridized carbons (Fsp3) is 0.625. The van der Waals surface area contributed by atoms with E-state index in [1.54, 1.807) is 0 Å². The van der Waals surface area contributed by atoms with Gasteiger partial charge in [0.2, 0.25) is 0 Å². The second-order valence-corrected chi connectivity index (χ2v) is 3.79. The first-order chi connectivity index (χ1) is 5.29. The van der Waals surface area contributed by atoms with Gasteiger partial charge in [-0.3, -0.25) is 4.68 Å². The average Bonchev–Trinajstić information content (AvgIpc) is 2.30. The van der Waals surface area contributed by atoms with Gasteiger partial charge in [0.25, 0.3) is 0 Å². The molecule has 0 fully saturated rings. The SMILES string of the molecule is Cc1c(Br)nn2c1CCCC2.